The van der Waals surface area contributed by atoms with Crippen LogP contribution >= 0.6 is 11.6 Å². The van der Waals surface area contributed by atoms with E-state index in [4.69, 9.17) is 44.2 Å². The van der Waals surface area contributed by atoms with Crippen molar-refractivity contribution in [2.75, 3.05) is 91.1 Å². The van der Waals surface area contributed by atoms with Gasteiger partial charge in [0.1, 0.15) is 0 Å². The molecular weight excluding hydrogens is 695 g/mol. The molecule has 10 nitrogen and oxygen atoms in total. The summed E-state index contributed by atoms with van der Waals surface area (Å²) >= 11 is 5.44. The fourth-order valence-corrected chi connectivity index (χ4v) is 5.17. The number of ether oxygens (including phenoxy) is 3. The van der Waals surface area contributed by atoms with Gasteiger partial charge < -0.3 is 34.6 Å². The van der Waals surface area contributed by atoms with Crippen LogP contribution in [0.5, 0.6) is 17.2 Å². The molecule has 0 aliphatic carbocycles. The van der Waals surface area contributed by atoms with E-state index in [0.717, 1.165) is 84.4 Å². The van der Waals surface area contributed by atoms with Crippen molar-refractivity contribution in [2.45, 2.75) is 19.3 Å². The first-order chi connectivity index (χ1) is 25.4. The van der Waals surface area contributed by atoms with E-state index < -0.39 is 17.5 Å². The average Bonchev–Trinajstić information content (AvgIpc) is 3.18. The van der Waals surface area contributed by atoms with Gasteiger partial charge in [0.25, 0.3) is 0 Å². The second-order valence-electron chi connectivity index (χ2n) is 11.7. The van der Waals surface area contributed by atoms with Gasteiger partial charge in [0.2, 0.25) is 0 Å². The van der Waals surface area contributed by atoms with Crippen molar-refractivity contribution in [3.05, 3.63) is 100 Å². The molecule has 2 heterocycles. The predicted octanol–water partition coefficient (Wildman–Crippen LogP) is 6.81. The van der Waals surface area contributed by atoms with Gasteiger partial charge in [-0.15, -0.1) is 11.6 Å². The number of hydrogen-bond donors (Lipinski definition) is 2. The Bertz CT molecular complexity index is 1540. The molecule has 0 spiro atoms. The van der Waals surface area contributed by atoms with Crippen molar-refractivity contribution in [3.8, 4) is 23.3 Å². The number of nitrogens with zero attached hydrogens (tertiary/aromatic N) is 5. The lowest BCUT2D eigenvalue weighted by molar-refractivity contribution is 0.120. The first-order valence-electron chi connectivity index (χ1n) is 17.2. The van der Waals surface area contributed by atoms with E-state index in [1.54, 1.807) is 12.1 Å². The van der Waals surface area contributed by atoms with Crippen LogP contribution in [0.3, 0.4) is 0 Å². The molecule has 278 valence electrons. The van der Waals surface area contributed by atoms with Crippen molar-refractivity contribution < 1.29 is 27.4 Å². The molecule has 0 radical (unpaired) electrons. The minimum absolute atomic E-state index is 0.169. The highest BCUT2D eigenvalue weighted by molar-refractivity contribution is 6.17. The van der Waals surface area contributed by atoms with Gasteiger partial charge in [-0.25, -0.2) is 22.9 Å². The van der Waals surface area contributed by atoms with Gasteiger partial charge in [-0.05, 0) is 61.7 Å². The SMILES string of the molecule is C1CNCCN1.[C-]#[N+]c1ccc(OCCCCl)c(F)c1.[C-]#[N+]c1ccc(OCCCN2CCN(CCCOc3ccc(C#N)cc3F)CC2)c(F)c1. The number of hydrogen-bond acceptors (Lipinski definition) is 8. The molecule has 2 saturated heterocycles. The minimum atomic E-state index is -0.509. The van der Waals surface area contributed by atoms with Crippen LogP contribution in [0.4, 0.5) is 24.5 Å². The second kappa shape index (κ2) is 24.6. The summed E-state index contributed by atoms with van der Waals surface area (Å²) in [5.41, 5.74) is 0.814. The zero-order valence-electron chi connectivity index (χ0n) is 29.2. The Morgan fingerprint density at radius 3 is 1.40 bits per heavy atom. The van der Waals surface area contributed by atoms with Gasteiger partial charge in [-0.1, -0.05) is 12.1 Å². The molecule has 2 aliphatic rings. The summed E-state index contributed by atoms with van der Waals surface area (Å²) in [6.07, 6.45) is 2.27. The van der Waals surface area contributed by atoms with E-state index in [2.05, 4.69) is 30.1 Å². The maximum Gasteiger partial charge on any atom is 0.190 e. The quantitative estimate of drug-likeness (QED) is 0.106. The van der Waals surface area contributed by atoms with Crippen molar-refractivity contribution in [3.63, 3.8) is 0 Å². The lowest BCUT2D eigenvalue weighted by atomic mass is 10.2. The number of alkyl halides is 1. The Kier molecular flexibility index (Phi) is 19.8. The van der Waals surface area contributed by atoms with E-state index in [1.165, 1.54) is 36.4 Å². The molecule has 14 heteroatoms. The predicted molar refractivity (Wildman–Crippen MR) is 196 cm³/mol. The zero-order chi connectivity index (χ0) is 37.4. The summed E-state index contributed by atoms with van der Waals surface area (Å²) < 4.78 is 56.9. The number of piperazine rings is 2. The van der Waals surface area contributed by atoms with Gasteiger partial charge in [0.05, 0.1) is 44.6 Å². The first kappa shape index (κ1) is 41.9. The second-order valence-corrected chi connectivity index (χ2v) is 12.1. The third-order valence-corrected chi connectivity index (χ3v) is 8.13. The number of rotatable bonds is 14. The highest BCUT2D eigenvalue weighted by Crippen LogP contribution is 2.24. The molecular formula is C38H45ClF3N7O3. The van der Waals surface area contributed by atoms with Crippen molar-refractivity contribution in [1.82, 2.24) is 20.4 Å². The van der Waals surface area contributed by atoms with Crippen molar-refractivity contribution in [2.24, 2.45) is 0 Å². The Morgan fingerprint density at radius 2 is 1.06 bits per heavy atom. The Labute approximate surface area is 309 Å². The summed E-state index contributed by atoms with van der Waals surface area (Å²) in [6.45, 7) is 25.0. The molecule has 0 amide bonds. The molecule has 3 aromatic rings. The van der Waals surface area contributed by atoms with Crippen molar-refractivity contribution >= 4 is 23.0 Å². The summed E-state index contributed by atoms with van der Waals surface area (Å²) in [4.78, 5) is 11.0. The van der Waals surface area contributed by atoms with Crippen LogP contribution < -0.4 is 24.8 Å². The highest BCUT2D eigenvalue weighted by Gasteiger charge is 2.16. The van der Waals surface area contributed by atoms with Crippen molar-refractivity contribution in [1.29, 1.82) is 5.26 Å². The molecule has 3 aromatic carbocycles. The number of benzene rings is 3. The normalized spacial score (nSPS) is 14.2. The molecule has 0 atom stereocenters. The molecule has 2 aliphatic heterocycles. The zero-order valence-corrected chi connectivity index (χ0v) is 29.9. The van der Waals surface area contributed by atoms with Gasteiger partial charge >= 0.3 is 0 Å². The molecule has 2 fully saturated rings. The van der Waals surface area contributed by atoms with E-state index in [-0.39, 0.29) is 34.2 Å². The van der Waals surface area contributed by atoms with Crippen LogP contribution in [0, 0.1) is 41.9 Å². The number of nitrogens with one attached hydrogen (secondary N) is 2. The first-order valence-corrected chi connectivity index (χ1v) is 17.7. The largest absolute Gasteiger partial charge is 0.491 e. The molecule has 5 rings (SSSR count). The molecule has 0 saturated carbocycles. The van der Waals surface area contributed by atoms with Gasteiger partial charge in [0, 0.05) is 71.3 Å². The number of nitriles is 1. The summed E-state index contributed by atoms with van der Waals surface area (Å²) in [6, 6.07) is 14.5. The van der Waals surface area contributed by atoms with E-state index in [9.17, 15) is 13.2 Å². The van der Waals surface area contributed by atoms with Gasteiger partial charge in [-0.3, -0.25) is 0 Å². The maximum atomic E-state index is 13.8. The topological polar surface area (TPSA) is 90.7 Å². The van der Waals surface area contributed by atoms with Crippen LogP contribution in [0.15, 0.2) is 54.6 Å². The fourth-order valence-electron chi connectivity index (χ4n) is 5.06. The van der Waals surface area contributed by atoms with Crippen LogP contribution in [-0.4, -0.2) is 101 Å². The van der Waals surface area contributed by atoms with E-state index in [0.29, 0.717) is 32.1 Å². The Balaban J connectivity index is 0.000000297. The summed E-state index contributed by atoms with van der Waals surface area (Å²) in [7, 11) is 0. The molecule has 0 aromatic heterocycles. The maximum absolute atomic E-state index is 13.8. The third-order valence-electron chi connectivity index (χ3n) is 7.86. The summed E-state index contributed by atoms with van der Waals surface area (Å²) in [5.74, 6) is -0.496. The molecule has 2 N–H and O–H groups in total. The highest BCUT2D eigenvalue weighted by atomic mass is 35.5. The molecule has 0 bridgehead atoms. The Morgan fingerprint density at radius 1 is 0.654 bits per heavy atom. The molecule has 52 heavy (non-hydrogen) atoms. The van der Waals surface area contributed by atoms with Crippen LogP contribution in [0.1, 0.15) is 24.8 Å². The van der Waals surface area contributed by atoms with E-state index in [1.807, 2.05) is 6.07 Å². The van der Waals surface area contributed by atoms with Gasteiger partial charge in [-0.2, -0.15) is 5.26 Å². The Hall–Kier alpha value is -4.55. The fraction of sp³-hybridized carbons (Fsp3) is 0.447. The average molecular weight is 740 g/mol. The lowest BCUT2D eigenvalue weighted by Crippen LogP contribution is -2.47. The van der Waals surface area contributed by atoms with Gasteiger partial charge in [0.15, 0.2) is 46.1 Å². The van der Waals surface area contributed by atoms with Crippen LogP contribution in [0.2, 0.25) is 0 Å². The lowest BCUT2D eigenvalue weighted by Gasteiger charge is -2.34. The smallest absolute Gasteiger partial charge is 0.190 e. The third kappa shape index (κ3) is 15.8. The van der Waals surface area contributed by atoms with Crippen LogP contribution in [-0.2, 0) is 0 Å². The number of halogens is 4. The van der Waals surface area contributed by atoms with E-state index >= 15 is 0 Å². The molecule has 0 unspecified atom stereocenters. The minimum Gasteiger partial charge on any atom is -0.491 e. The monoisotopic (exact) mass is 739 g/mol. The summed E-state index contributed by atoms with van der Waals surface area (Å²) in [5, 5.41) is 15.2. The van der Waals surface area contributed by atoms with Crippen LogP contribution in [0.25, 0.3) is 9.69 Å². The standard InChI is InChI=1S/C24H26F2N4O2.C10H9ClFNO.C4H10N2/c1-28-20-5-7-24(22(26)17-20)32-15-3-9-30-12-10-29(11-13-30)8-2-14-31-23-6-4-19(18-27)16-21(23)25;1-13-8-3-4-10(9(12)7-8)14-6-2-5-11;1-2-6-4-3-5-1/h4-7,16-17H,2-3,8-15H2;3-4,7H,2,5-6H2;5-6H,1-4H2.